The van der Waals surface area contributed by atoms with Crippen molar-refractivity contribution >= 4 is 27.2 Å². The Morgan fingerprint density at radius 3 is 2.36 bits per heavy atom. The second kappa shape index (κ2) is 4.18. The van der Waals surface area contributed by atoms with Gasteiger partial charge < -0.3 is 0 Å². The zero-order chi connectivity index (χ0) is 10.8. The molecule has 1 aromatic carbocycles. The third kappa shape index (κ3) is 3.19. The van der Waals surface area contributed by atoms with E-state index in [0.717, 1.165) is 4.35 Å². The average Bonchev–Trinajstić information content (AvgIpc) is 2.01. The third-order valence-electron chi connectivity index (χ3n) is 1.52. The zero-order valence-corrected chi connectivity index (χ0v) is 10.4. The van der Waals surface area contributed by atoms with Gasteiger partial charge in [-0.25, -0.2) is 0 Å². The van der Waals surface area contributed by atoms with Crippen LogP contribution in [0.5, 0.6) is 0 Å². The van der Waals surface area contributed by atoms with Crippen molar-refractivity contribution in [2.45, 2.75) is 26.4 Å². The molecule has 0 bridgehead atoms. The molecule has 0 amide bonds. The predicted octanol–water partition coefficient (Wildman–Crippen LogP) is 1.44. The van der Waals surface area contributed by atoms with Crippen molar-refractivity contribution in [3.05, 3.63) is 29.8 Å². The van der Waals surface area contributed by atoms with Crippen LogP contribution in [-0.2, 0) is 4.74 Å². The van der Waals surface area contributed by atoms with Gasteiger partial charge in [-0.3, -0.25) is 0 Å². The van der Waals surface area contributed by atoms with E-state index in [2.05, 4.69) is 16.9 Å². The summed E-state index contributed by atoms with van der Waals surface area (Å²) in [5.74, 6) is -0.270. The molecule has 0 unspecified atom stereocenters. The summed E-state index contributed by atoms with van der Waals surface area (Å²) in [6.07, 6.45) is 0. The molecule has 0 saturated carbocycles. The molecule has 0 aliphatic carbocycles. The Balaban J connectivity index is 2.86. The second-order valence-electron chi connectivity index (χ2n) is 4.02. The summed E-state index contributed by atoms with van der Waals surface area (Å²) in [5, 5.41) is 0. The first-order valence-corrected chi connectivity index (χ1v) is 5.35. The molecule has 74 valence electrons. The SMILES string of the molecule is CC(C)(C)OC(=O)c1ccccc1[As]. The van der Waals surface area contributed by atoms with Crippen molar-refractivity contribution in [2.24, 2.45) is 0 Å². The van der Waals surface area contributed by atoms with Gasteiger partial charge in [0.2, 0.25) is 0 Å². The van der Waals surface area contributed by atoms with E-state index in [1.165, 1.54) is 0 Å². The van der Waals surface area contributed by atoms with Crippen LogP contribution in [0.1, 0.15) is 31.1 Å². The summed E-state index contributed by atoms with van der Waals surface area (Å²) in [5.41, 5.74) is 0.175. The van der Waals surface area contributed by atoms with Crippen molar-refractivity contribution in [2.75, 3.05) is 0 Å². The Labute approximate surface area is 93.2 Å². The van der Waals surface area contributed by atoms with Gasteiger partial charge >= 0.3 is 92.9 Å². The van der Waals surface area contributed by atoms with Gasteiger partial charge in [0.05, 0.1) is 0 Å². The van der Waals surface area contributed by atoms with Crippen LogP contribution >= 0.6 is 0 Å². The summed E-state index contributed by atoms with van der Waals surface area (Å²) < 4.78 is 6.14. The number of ether oxygens (including phenoxy) is 1. The second-order valence-corrected chi connectivity index (χ2v) is 5.03. The number of carbonyl (C=O) groups is 1. The molecule has 1 aromatic rings. The van der Waals surface area contributed by atoms with E-state index in [4.69, 9.17) is 4.74 Å². The fourth-order valence-electron chi connectivity index (χ4n) is 0.979. The van der Waals surface area contributed by atoms with E-state index < -0.39 is 5.60 Å². The maximum absolute atomic E-state index is 11.6. The van der Waals surface area contributed by atoms with Gasteiger partial charge in [-0.15, -0.1) is 0 Å². The van der Waals surface area contributed by atoms with Crippen LogP contribution in [-0.4, -0.2) is 28.4 Å². The van der Waals surface area contributed by atoms with Gasteiger partial charge in [0.1, 0.15) is 0 Å². The Hall–Kier alpha value is -0.752. The van der Waals surface area contributed by atoms with Gasteiger partial charge in [0.15, 0.2) is 0 Å². The number of carbonyl (C=O) groups excluding carboxylic acids is 1. The van der Waals surface area contributed by atoms with E-state index in [-0.39, 0.29) is 5.97 Å². The predicted molar refractivity (Wildman–Crippen MR) is 57.0 cm³/mol. The molecule has 0 saturated heterocycles. The summed E-state index contributed by atoms with van der Waals surface area (Å²) in [6.45, 7) is 5.58. The van der Waals surface area contributed by atoms with Crippen molar-refractivity contribution in [3.63, 3.8) is 0 Å². The number of benzene rings is 1. The molecular formula is C11H13AsO2. The maximum atomic E-state index is 11.6. The van der Waals surface area contributed by atoms with E-state index in [1.54, 1.807) is 6.07 Å². The quantitative estimate of drug-likeness (QED) is 0.558. The van der Waals surface area contributed by atoms with Crippen LogP contribution in [0, 0.1) is 0 Å². The molecule has 0 spiro atoms. The fourth-order valence-corrected chi connectivity index (χ4v) is 1.51. The van der Waals surface area contributed by atoms with Crippen LogP contribution in [0.25, 0.3) is 0 Å². The normalized spacial score (nSPS) is 11.1. The van der Waals surface area contributed by atoms with E-state index in [1.807, 2.05) is 39.0 Å². The van der Waals surface area contributed by atoms with Crippen LogP contribution < -0.4 is 4.35 Å². The van der Waals surface area contributed by atoms with Crippen LogP contribution in [0.3, 0.4) is 0 Å². The molecule has 14 heavy (non-hydrogen) atoms. The van der Waals surface area contributed by atoms with Gasteiger partial charge in [-0.05, 0) is 0 Å². The molecule has 0 aromatic heterocycles. The number of hydrogen-bond donors (Lipinski definition) is 0. The topological polar surface area (TPSA) is 26.3 Å². The number of esters is 1. The van der Waals surface area contributed by atoms with Crippen LogP contribution in [0.4, 0.5) is 0 Å². The van der Waals surface area contributed by atoms with E-state index in [9.17, 15) is 4.79 Å². The van der Waals surface area contributed by atoms with Crippen LogP contribution in [0.15, 0.2) is 24.3 Å². The van der Waals surface area contributed by atoms with Gasteiger partial charge in [-0.1, -0.05) is 0 Å². The average molecular weight is 252 g/mol. The van der Waals surface area contributed by atoms with Crippen molar-refractivity contribution in [1.29, 1.82) is 0 Å². The van der Waals surface area contributed by atoms with E-state index >= 15 is 0 Å². The van der Waals surface area contributed by atoms with Crippen molar-refractivity contribution < 1.29 is 9.53 Å². The molecule has 1 rings (SSSR count). The van der Waals surface area contributed by atoms with Crippen molar-refractivity contribution in [3.8, 4) is 0 Å². The molecule has 0 fully saturated rings. The molecule has 2 nitrogen and oxygen atoms in total. The first-order chi connectivity index (χ1) is 6.40. The fraction of sp³-hybridized carbons (Fsp3) is 0.364. The Bertz CT molecular complexity index is 339. The minimum absolute atomic E-state index is 0.270. The molecule has 0 heterocycles. The minimum atomic E-state index is -0.438. The molecule has 0 aliphatic rings. The molecule has 3 heteroatoms. The van der Waals surface area contributed by atoms with E-state index in [0.29, 0.717) is 5.56 Å². The number of hydrogen-bond acceptors (Lipinski definition) is 2. The standard InChI is InChI=1S/C11H13AsO2/c1-11(2,3)14-10(13)8-6-4-5-7-9(8)12/h4-7H,1-3H3. The first-order valence-electron chi connectivity index (χ1n) is 4.41. The summed E-state index contributed by atoms with van der Waals surface area (Å²) in [4.78, 5) is 11.6. The zero-order valence-electron chi connectivity index (χ0n) is 8.57. The van der Waals surface area contributed by atoms with Gasteiger partial charge in [0, 0.05) is 0 Å². The summed E-state index contributed by atoms with van der Waals surface area (Å²) >= 11 is 2.37. The van der Waals surface area contributed by atoms with Gasteiger partial charge in [-0.2, -0.15) is 0 Å². The van der Waals surface area contributed by atoms with Gasteiger partial charge in [0.25, 0.3) is 0 Å². The third-order valence-corrected chi connectivity index (χ3v) is 2.34. The summed E-state index contributed by atoms with van der Waals surface area (Å²) in [6, 6.07) is 7.36. The Morgan fingerprint density at radius 2 is 1.86 bits per heavy atom. The Morgan fingerprint density at radius 1 is 1.29 bits per heavy atom. The summed E-state index contributed by atoms with van der Waals surface area (Å²) in [7, 11) is 0. The van der Waals surface area contributed by atoms with Crippen LogP contribution in [0.2, 0.25) is 0 Å². The molecular weight excluding hydrogens is 239 g/mol. The molecule has 0 aliphatic heterocycles. The molecule has 0 atom stereocenters. The monoisotopic (exact) mass is 252 g/mol. The Kier molecular flexibility index (Phi) is 3.38. The molecule has 0 N–H and O–H groups in total. The van der Waals surface area contributed by atoms with Crippen molar-refractivity contribution in [1.82, 2.24) is 0 Å². The molecule has 2 radical (unpaired) electrons. The number of rotatable bonds is 1. The first kappa shape index (κ1) is 11.3.